The standard InChI is InChI=1S/C25H20F3N3O/c1-17-22(24(32)29-16-19-12-8-9-15-21(19)25(26,27)28)23(18-10-4-2-5-11-18)30-31(17)20-13-6-3-7-14-20/h2-15H,16H2,1H3,(H,29,32). The van der Waals surface area contributed by atoms with Gasteiger partial charge >= 0.3 is 6.18 Å². The van der Waals surface area contributed by atoms with Crippen molar-refractivity contribution in [3.05, 3.63) is 107 Å². The summed E-state index contributed by atoms with van der Waals surface area (Å²) >= 11 is 0. The molecule has 0 saturated carbocycles. The van der Waals surface area contributed by atoms with Gasteiger partial charge in [0.05, 0.1) is 22.5 Å². The highest BCUT2D eigenvalue weighted by Crippen LogP contribution is 2.32. The number of benzene rings is 3. The van der Waals surface area contributed by atoms with E-state index >= 15 is 0 Å². The van der Waals surface area contributed by atoms with Gasteiger partial charge < -0.3 is 5.32 Å². The first-order valence-corrected chi connectivity index (χ1v) is 10.00. The zero-order valence-corrected chi connectivity index (χ0v) is 17.2. The van der Waals surface area contributed by atoms with Gasteiger partial charge in [-0.3, -0.25) is 4.79 Å². The Bertz CT molecular complexity index is 1230. The van der Waals surface area contributed by atoms with Crippen LogP contribution in [0.3, 0.4) is 0 Å². The lowest BCUT2D eigenvalue weighted by Crippen LogP contribution is -2.25. The van der Waals surface area contributed by atoms with Gasteiger partial charge in [-0.2, -0.15) is 18.3 Å². The predicted octanol–water partition coefficient (Wildman–Crippen LogP) is 5.80. The van der Waals surface area contributed by atoms with Gasteiger partial charge in [0, 0.05) is 12.1 Å². The molecule has 0 unspecified atom stereocenters. The lowest BCUT2D eigenvalue weighted by atomic mass is 10.0. The average Bonchev–Trinajstić information content (AvgIpc) is 3.15. The van der Waals surface area contributed by atoms with Crippen molar-refractivity contribution in [1.29, 1.82) is 0 Å². The van der Waals surface area contributed by atoms with Gasteiger partial charge in [0.15, 0.2) is 0 Å². The lowest BCUT2D eigenvalue weighted by molar-refractivity contribution is -0.138. The van der Waals surface area contributed by atoms with Crippen molar-refractivity contribution in [2.45, 2.75) is 19.6 Å². The minimum absolute atomic E-state index is 0.00251. The van der Waals surface area contributed by atoms with Crippen LogP contribution in [0.25, 0.3) is 16.9 Å². The molecule has 0 radical (unpaired) electrons. The molecule has 1 N–H and O–H groups in total. The highest BCUT2D eigenvalue weighted by atomic mass is 19.4. The molecular formula is C25H20F3N3O. The summed E-state index contributed by atoms with van der Waals surface area (Å²) in [4.78, 5) is 13.2. The first kappa shape index (κ1) is 21.4. The van der Waals surface area contributed by atoms with E-state index in [1.165, 1.54) is 18.2 Å². The number of carbonyl (C=O) groups is 1. The van der Waals surface area contributed by atoms with E-state index in [0.717, 1.165) is 17.3 Å². The van der Waals surface area contributed by atoms with Crippen LogP contribution in [0.2, 0.25) is 0 Å². The van der Waals surface area contributed by atoms with Crippen LogP contribution in [0.5, 0.6) is 0 Å². The number of alkyl halides is 3. The molecule has 0 aliphatic carbocycles. The molecule has 1 aromatic heterocycles. The van der Waals surface area contributed by atoms with Crippen molar-refractivity contribution in [3.63, 3.8) is 0 Å². The van der Waals surface area contributed by atoms with Gasteiger partial charge in [0.25, 0.3) is 5.91 Å². The molecule has 0 spiro atoms. The number of aromatic nitrogens is 2. The summed E-state index contributed by atoms with van der Waals surface area (Å²) in [5, 5.41) is 7.31. The number of nitrogens with one attached hydrogen (secondary N) is 1. The summed E-state index contributed by atoms with van der Waals surface area (Å²) in [6.07, 6.45) is -4.50. The SMILES string of the molecule is Cc1c(C(=O)NCc2ccccc2C(F)(F)F)c(-c2ccccc2)nn1-c1ccccc1. The third kappa shape index (κ3) is 4.27. The second-order valence-electron chi connectivity index (χ2n) is 7.26. The van der Waals surface area contributed by atoms with E-state index in [9.17, 15) is 18.0 Å². The van der Waals surface area contributed by atoms with E-state index in [0.29, 0.717) is 17.0 Å². The second-order valence-corrected chi connectivity index (χ2v) is 7.26. The number of carbonyl (C=O) groups excluding carboxylic acids is 1. The number of hydrogen-bond acceptors (Lipinski definition) is 2. The Kier molecular flexibility index (Phi) is 5.81. The van der Waals surface area contributed by atoms with Crippen molar-refractivity contribution in [2.24, 2.45) is 0 Å². The van der Waals surface area contributed by atoms with Gasteiger partial charge in [-0.25, -0.2) is 4.68 Å². The zero-order valence-electron chi connectivity index (χ0n) is 17.2. The minimum Gasteiger partial charge on any atom is -0.348 e. The molecule has 0 fully saturated rings. The van der Waals surface area contributed by atoms with Crippen LogP contribution in [0.1, 0.15) is 27.2 Å². The normalized spacial score (nSPS) is 11.4. The monoisotopic (exact) mass is 435 g/mol. The first-order valence-electron chi connectivity index (χ1n) is 10.00. The van der Waals surface area contributed by atoms with Gasteiger partial charge in [0.1, 0.15) is 5.69 Å². The third-order valence-electron chi connectivity index (χ3n) is 5.15. The molecule has 0 bridgehead atoms. The minimum atomic E-state index is -4.50. The number of hydrogen-bond donors (Lipinski definition) is 1. The second kappa shape index (κ2) is 8.70. The van der Waals surface area contributed by atoms with Gasteiger partial charge in [-0.05, 0) is 30.7 Å². The Morgan fingerprint density at radius 1 is 0.906 bits per heavy atom. The quantitative estimate of drug-likeness (QED) is 0.431. The lowest BCUT2D eigenvalue weighted by Gasteiger charge is -2.13. The third-order valence-corrected chi connectivity index (χ3v) is 5.15. The smallest absolute Gasteiger partial charge is 0.348 e. The fraction of sp³-hybridized carbons (Fsp3) is 0.120. The Morgan fingerprint density at radius 3 is 2.16 bits per heavy atom. The Balaban J connectivity index is 1.72. The molecular weight excluding hydrogens is 415 g/mol. The first-order chi connectivity index (χ1) is 15.4. The van der Waals surface area contributed by atoms with Crippen molar-refractivity contribution in [3.8, 4) is 16.9 Å². The maximum absolute atomic E-state index is 13.3. The van der Waals surface area contributed by atoms with E-state index in [1.54, 1.807) is 11.6 Å². The molecule has 32 heavy (non-hydrogen) atoms. The van der Waals surface area contributed by atoms with Crippen molar-refractivity contribution in [1.82, 2.24) is 15.1 Å². The average molecular weight is 435 g/mol. The van der Waals surface area contributed by atoms with E-state index < -0.39 is 17.6 Å². The summed E-state index contributed by atoms with van der Waals surface area (Å²) in [5.41, 5.74) is 2.15. The van der Waals surface area contributed by atoms with Crippen molar-refractivity contribution >= 4 is 5.91 Å². The van der Waals surface area contributed by atoms with Crippen LogP contribution in [-0.4, -0.2) is 15.7 Å². The maximum atomic E-state index is 13.3. The molecule has 1 heterocycles. The van der Waals surface area contributed by atoms with Gasteiger partial charge in [-0.1, -0.05) is 66.7 Å². The van der Waals surface area contributed by atoms with Gasteiger partial charge in [-0.15, -0.1) is 0 Å². The fourth-order valence-corrected chi connectivity index (χ4v) is 3.61. The van der Waals surface area contributed by atoms with Crippen molar-refractivity contribution in [2.75, 3.05) is 0 Å². The number of nitrogens with zero attached hydrogens (tertiary/aromatic N) is 2. The van der Waals surface area contributed by atoms with Crippen LogP contribution >= 0.6 is 0 Å². The Labute approximate surface area is 183 Å². The summed E-state index contributed by atoms with van der Waals surface area (Å²) in [7, 11) is 0. The molecule has 0 aliphatic heterocycles. The van der Waals surface area contributed by atoms with Crippen LogP contribution in [0, 0.1) is 6.92 Å². The van der Waals surface area contributed by atoms with Crippen LogP contribution < -0.4 is 5.32 Å². The fourth-order valence-electron chi connectivity index (χ4n) is 3.61. The largest absolute Gasteiger partial charge is 0.416 e. The maximum Gasteiger partial charge on any atom is 0.416 e. The van der Waals surface area contributed by atoms with E-state index in [4.69, 9.17) is 0 Å². The van der Waals surface area contributed by atoms with Gasteiger partial charge in [0.2, 0.25) is 0 Å². The molecule has 162 valence electrons. The summed E-state index contributed by atoms with van der Waals surface area (Å²) in [6.45, 7) is 1.52. The molecule has 4 nitrogen and oxygen atoms in total. The van der Waals surface area contributed by atoms with E-state index in [1.807, 2.05) is 60.7 Å². The number of para-hydroxylation sites is 1. The number of amides is 1. The molecule has 7 heteroatoms. The molecule has 4 aromatic rings. The highest BCUT2D eigenvalue weighted by Gasteiger charge is 2.33. The predicted molar refractivity (Wildman–Crippen MR) is 116 cm³/mol. The molecule has 1 amide bonds. The highest BCUT2D eigenvalue weighted by molar-refractivity contribution is 6.01. The van der Waals surface area contributed by atoms with Crippen LogP contribution in [0.15, 0.2) is 84.9 Å². The number of halogens is 3. The van der Waals surface area contributed by atoms with Crippen molar-refractivity contribution < 1.29 is 18.0 Å². The molecule has 0 aliphatic rings. The Morgan fingerprint density at radius 2 is 1.50 bits per heavy atom. The van der Waals surface area contributed by atoms with Crippen LogP contribution in [-0.2, 0) is 12.7 Å². The topological polar surface area (TPSA) is 46.9 Å². The zero-order chi connectivity index (χ0) is 22.7. The molecule has 3 aromatic carbocycles. The molecule has 4 rings (SSSR count). The molecule has 0 saturated heterocycles. The summed E-state index contributed by atoms with van der Waals surface area (Å²) in [6, 6.07) is 23.8. The Hall–Kier alpha value is -3.87. The van der Waals surface area contributed by atoms with E-state index in [-0.39, 0.29) is 12.1 Å². The van der Waals surface area contributed by atoms with Crippen LogP contribution in [0.4, 0.5) is 13.2 Å². The summed E-state index contributed by atoms with van der Waals surface area (Å²) in [5.74, 6) is -0.486. The van der Waals surface area contributed by atoms with E-state index in [2.05, 4.69) is 10.4 Å². The summed E-state index contributed by atoms with van der Waals surface area (Å²) < 4.78 is 41.6. The number of rotatable bonds is 5. The molecule has 0 atom stereocenters.